The second-order valence-corrected chi connectivity index (χ2v) is 4.69. The van der Waals surface area contributed by atoms with E-state index in [1.165, 1.54) is 0 Å². The first-order valence-electron chi connectivity index (χ1n) is 5.89. The zero-order valence-electron chi connectivity index (χ0n) is 10.2. The lowest BCUT2D eigenvalue weighted by atomic mass is 10.0. The molecule has 3 rings (SSSR count). The number of carboxylic acids is 1. The van der Waals surface area contributed by atoms with Crippen LogP contribution in [0, 0.1) is 0 Å². The minimum absolute atomic E-state index is 0.00614. The van der Waals surface area contributed by atoms with Gasteiger partial charge in [-0.25, -0.2) is 9.78 Å². The molecule has 0 radical (unpaired) electrons. The molecular weight excluding hydrogens is 276 g/mol. The van der Waals surface area contributed by atoms with Crippen LogP contribution in [0.25, 0.3) is 22.0 Å². The van der Waals surface area contributed by atoms with Gasteiger partial charge in [-0.2, -0.15) is 0 Å². The number of aromatic carboxylic acids is 1. The van der Waals surface area contributed by atoms with E-state index in [1.807, 2.05) is 12.1 Å². The largest absolute Gasteiger partial charge is 0.477 e. The molecule has 0 saturated carbocycles. The van der Waals surface area contributed by atoms with E-state index < -0.39 is 5.97 Å². The van der Waals surface area contributed by atoms with Crippen molar-refractivity contribution >= 4 is 28.5 Å². The molecule has 0 atom stereocenters. The number of nitrogens with zero attached hydrogens (tertiary/aromatic N) is 2. The van der Waals surface area contributed by atoms with Crippen LogP contribution in [0.4, 0.5) is 0 Å². The fourth-order valence-electron chi connectivity index (χ4n) is 2.08. The molecule has 1 N–H and O–H groups in total. The highest BCUT2D eigenvalue weighted by Gasteiger charge is 2.12. The number of benzene rings is 1. The van der Waals surface area contributed by atoms with E-state index in [-0.39, 0.29) is 5.69 Å². The summed E-state index contributed by atoms with van der Waals surface area (Å²) in [5, 5.41) is 10.6. The molecule has 4 nitrogen and oxygen atoms in total. The summed E-state index contributed by atoms with van der Waals surface area (Å²) in [6, 6.07) is 10.4. The van der Waals surface area contributed by atoms with Gasteiger partial charge in [-0.1, -0.05) is 11.6 Å². The summed E-state index contributed by atoms with van der Waals surface area (Å²) in [5.74, 6) is -1.06. The molecule has 0 fully saturated rings. The summed E-state index contributed by atoms with van der Waals surface area (Å²) in [6.45, 7) is 0. The van der Waals surface area contributed by atoms with Crippen LogP contribution in [0.1, 0.15) is 10.5 Å². The van der Waals surface area contributed by atoms with Gasteiger partial charge in [-0.05, 0) is 47.5 Å². The van der Waals surface area contributed by atoms with Crippen LogP contribution < -0.4 is 0 Å². The molecule has 2 aromatic heterocycles. The van der Waals surface area contributed by atoms with E-state index in [2.05, 4.69) is 9.97 Å². The highest BCUT2D eigenvalue weighted by atomic mass is 35.5. The molecular formula is C15H9ClN2O2. The number of rotatable bonds is 2. The summed E-state index contributed by atoms with van der Waals surface area (Å²) >= 11 is 6.02. The number of fused-ring (bicyclic) bond motifs is 1. The highest BCUT2D eigenvalue weighted by molar-refractivity contribution is 6.31. The maximum atomic E-state index is 11.2. The van der Waals surface area contributed by atoms with Crippen LogP contribution in [-0.2, 0) is 0 Å². The summed E-state index contributed by atoms with van der Waals surface area (Å²) in [5.41, 5.74) is 2.25. The molecule has 0 amide bonds. The SMILES string of the molecule is O=C(O)c1cc(-c2ccncc2)c2cc(Cl)ccc2n1. The first-order chi connectivity index (χ1) is 9.65. The molecule has 20 heavy (non-hydrogen) atoms. The minimum Gasteiger partial charge on any atom is -0.477 e. The first kappa shape index (κ1) is 12.6. The van der Waals surface area contributed by atoms with Gasteiger partial charge in [0.15, 0.2) is 0 Å². The Labute approximate surface area is 119 Å². The standard InChI is InChI=1S/C15H9ClN2O2/c16-10-1-2-13-12(7-10)11(8-14(18-13)15(19)20)9-3-5-17-6-4-9/h1-8H,(H,19,20). The first-order valence-corrected chi connectivity index (χ1v) is 6.27. The second-order valence-electron chi connectivity index (χ2n) is 4.26. The lowest BCUT2D eigenvalue weighted by Crippen LogP contribution is -2.01. The minimum atomic E-state index is -1.06. The van der Waals surface area contributed by atoms with Gasteiger partial charge in [0.2, 0.25) is 0 Å². The van der Waals surface area contributed by atoms with Crippen molar-refractivity contribution in [3.63, 3.8) is 0 Å². The van der Waals surface area contributed by atoms with Gasteiger partial charge in [-0.15, -0.1) is 0 Å². The van der Waals surface area contributed by atoms with Crippen molar-refractivity contribution in [3.8, 4) is 11.1 Å². The van der Waals surface area contributed by atoms with Gasteiger partial charge in [0.05, 0.1) is 5.52 Å². The Bertz CT molecular complexity index is 804. The summed E-state index contributed by atoms with van der Waals surface area (Å²) in [6.07, 6.45) is 3.32. The molecule has 1 aromatic carbocycles. The maximum absolute atomic E-state index is 11.2. The van der Waals surface area contributed by atoms with Crippen LogP contribution in [0.2, 0.25) is 5.02 Å². The fraction of sp³-hybridized carbons (Fsp3) is 0. The average Bonchev–Trinajstić information content (AvgIpc) is 2.47. The topological polar surface area (TPSA) is 63.1 Å². The van der Waals surface area contributed by atoms with Crippen molar-refractivity contribution in [3.05, 3.63) is 59.5 Å². The van der Waals surface area contributed by atoms with Crippen molar-refractivity contribution < 1.29 is 9.90 Å². The molecule has 0 unspecified atom stereocenters. The lowest BCUT2D eigenvalue weighted by Gasteiger charge is -2.08. The monoisotopic (exact) mass is 284 g/mol. The fourth-order valence-corrected chi connectivity index (χ4v) is 2.25. The smallest absolute Gasteiger partial charge is 0.354 e. The predicted octanol–water partition coefficient (Wildman–Crippen LogP) is 3.65. The molecule has 3 aromatic rings. The molecule has 0 aliphatic rings. The molecule has 0 aliphatic carbocycles. The third-order valence-electron chi connectivity index (χ3n) is 2.98. The molecule has 98 valence electrons. The Morgan fingerprint density at radius 2 is 1.85 bits per heavy atom. The van der Waals surface area contributed by atoms with E-state index >= 15 is 0 Å². The van der Waals surface area contributed by atoms with Gasteiger partial charge < -0.3 is 5.11 Å². The van der Waals surface area contributed by atoms with Crippen molar-refractivity contribution in [2.24, 2.45) is 0 Å². The molecule has 5 heteroatoms. The second kappa shape index (κ2) is 4.90. The number of hydrogen-bond donors (Lipinski definition) is 1. The van der Waals surface area contributed by atoms with E-state index in [0.717, 1.165) is 16.5 Å². The Kier molecular flexibility index (Phi) is 3.08. The van der Waals surface area contributed by atoms with Gasteiger partial charge in [0.25, 0.3) is 0 Å². The summed E-state index contributed by atoms with van der Waals surface area (Å²) in [7, 11) is 0. The van der Waals surface area contributed by atoms with Gasteiger partial charge >= 0.3 is 5.97 Å². The number of carboxylic acid groups (broad SMARTS) is 1. The quantitative estimate of drug-likeness (QED) is 0.780. The Morgan fingerprint density at radius 1 is 1.10 bits per heavy atom. The third-order valence-corrected chi connectivity index (χ3v) is 3.22. The predicted molar refractivity (Wildman–Crippen MR) is 76.9 cm³/mol. The zero-order chi connectivity index (χ0) is 14.1. The number of hydrogen-bond acceptors (Lipinski definition) is 3. The van der Waals surface area contributed by atoms with Crippen molar-refractivity contribution in [2.75, 3.05) is 0 Å². The van der Waals surface area contributed by atoms with Gasteiger partial charge in [-0.3, -0.25) is 4.98 Å². The van der Waals surface area contributed by atoms with E-state index in [4.69, 9.17) is 16.7 Å². The number of halogens is 1. The van der Waals surface area contributed by atoms with Gasteiger partial charge in [0, 0.05) is 22.8 Å². The van der Waals surface area contributed by atoms with Crippen molar-refractivity contribution in [2.45, 2.75) is 0 Å². The van der Waals surface area contributed by atoms with Crippen LogP contribution in [-0.4, -0.2) is 21.0 Å². The zero-order valence-corrected chi connectivity index (χ0v) is 11.0. The Balaban J connectivity index is 2.38. The highest BCUT2D eigenvalue weighted by Crippen LogP contribution is 2.30. The summed E-state index contributed by atoms with van der Waals surface area (Å²) < 4.78 is 0. The van der Waals surface area contributed by atoms with Crippen LogP contribution in [0.5, 0.6) is 0 Å². The van der Waals surface area contributed by atoms with Crippen LogP contribution >= 0.6 is 11.6 Å². The lowest BCUT2D eigenvalue weighted by molar-refractivity contribution is 0.0691. The Morgan fingerprint density at radius 3 is 2.55 bits per heavy atom. The molecule has 0 bridgehead atoms. The number of pyridine rings is 2. The molecule has 0 aliphatic heterocycles. The van der Waals surface area contributed by atoms with Crippen LogP contribution in [0.15, 0.2) is 48.8 Å². The van der Waals surface area contributed by atoms with Crippen molar-refractivity contribution in [1.29, 1.82) is 0 Å². The summed E-state index contributed by atoms with van der Waals surface area (Å²) in [4.78, 5) is 19.3. The molecule has 0 spiro atoms. The maximum Gasteiger partial charge on any atom is 0.354 e. The average molecular weight is 285 g/mol. The number of carbonyl (C=O) groups is 1. The molecule has 0 saturated heterocycles. The van der Waals surface area contributed by atoms with Crippen LogP contribution in [0.3, 0.4) is 0 Å². The third kappa shape index (κ3) is 2.21. The van der Waals surface area contributed by atoms with E-state index in [0.29, 0.717) is 10.5 Å². The number of aromatic nitrogens is 2. The molecule has 2 heterocycles. The Hall–Kier alpha value is -2.46. The van der Waals surface area contributed by atoms with E-state index in [1.54, 1.807) is 36.7 Å². The normalized spacial score (nSPS) is 10.7. The van der Waals surface area contributed by atoms with Crippen molar-refractivity contribution in [1.82, 2.24) is 9.97 Å². The van der Waals surface area contributed by atoms with E-state index in [9.17, 15) is 4.79 Å². The van der Waals surface area contributed by atoms with Gasteiger partial charge in [0.1, 0.15) is 5.69 Å².